The number of piperazine rings is 1. The van der Waals surface area contributed by atoms with Gasteiger partial charge in [0.1, 0.15) is 5.82 Å². The molecule has 1 fully saturated rings. The Morgan fingerprint density at radius 2 is 1.91 bits per heavy atom. The van der Waals surface area contributed by atoms with Crippen LogP contribution in [0.1, 0.15) is 50.7 Å². The number of H-pyrrole nitrogens is 1. The zero-order chi connectivity index (χ0) is 33.4. The van der Waals surface area contributed by atoms with Crippen molar-refractivity contribution in [1.82, 2.24) is 24.4 Å². The number of hydrogen-bond donors (Lipinski definition) is 1. The molecule has 0 spiro atoms. The van der Waals surface area contributed by atoms with Crippen molar-refractivity contribution >= 4 is 40.0 Å². The summed E-state index contributed by atoms with van der Waals surface area (Å²) in [4.78, 5) is 49.8. The lowest BCUT2D eigenvalue weighted by Crippen LogP contribution is -2.58. The van der Waals surface area contributed by atoms with Gasteiger partial charge in [0.15, 0.2) is 0 Å². The van der Waals surface area contributed by atoms with Crippen LogP contribution in [0.5, 0.6) is 0 Å². The largest absolute Gasteiger partial charge is 0.417 e. The third-order valence-electron chi connectivity index (χ3n) is 8.23. The molecule has 6 rings (SSSR count). The van der Waals surface area contributed by atoms with Gasteiger partial charge >= 0.3 is 11.9 Å². The summed E-state index contributed by atoms with van der Waals surface area (Å²) in [5.74, 6) is -2.59. The second kappa shape index (κ2) is 13.0. The standard InChI is InChI=1S/C27H29F5N4O2S.C4H4N2O/c1-4-20(37)36-15(2)13-34(14-16(36)3)24-18-12-19(27(30,31)32)21(17-6-8-26(28,29)9-7-17)23-22(18)35(25(38)33-24)10-5-11-39-23;7-4-3-5-1-2-6-4/h4,6,12,15-16H,1,5,7-11,13-14H2,2-3H3;1-3H,(H,6,7). The number of thioether (sulfide) groups is 1. The van der Waals surface area contributed by atoms with Gasteiger partial charge in [-0.1, -0.05) is 12.7 Å². The number of aryl methyl sites for hydroxylation is 1. The molecule has 246 valence electrons. The number of aromatic nitrogens is 4. The number of rotatable bonds is 3. The van der Waals surface area contributed by atoms with Crippen molar-refractivity contribution in [2.75, 3.05) is 23.7 Å². The van der Waals surface area contributed by atoms with E-state index in [0.717, 1.165) is 6.07 Å². The molecule has 1 amide bonds. The molecule has 1 aliphatic carbocycles. The van der Waals surface area contributed by atoms with E-state index in [-0.39, 0.29) is 70.3 Å². The molecule has 1 aromatic carbocycles. The summed E-state index contributed by atoms with van der Waals surface area (Å²) in [5, 5.41) is 0.194. The van der Waals surface area contributed by atoms with Crippen molar-refractivity contribution in [2.45, 2.75) is 75.2 Å². The second-order valence-electron chi connectivity index (χ2n) is 11.5. The average Bonchev–Trinajstić information content (AvgIpc) is 3.22. The number of carbonyl (C=O) groups excluding carboxylic acids is 1. The van der Waals surface area contributed by atoms with Gasteiger partial charge in [0.25, 0.3) is 11.5 Å². The van der Waals surface area contributed by atoms with Crippen LogP contribution in [0.15, 0.2) is 57.9 Å². The van der Waals surface area contributed by atoms with Gasteiger partial charge in [-0.15, -0.1) is 11.8 Å². The van der Waals surface area contributed by atoms with Crippen LogP contribution in [0.2, 0.25) is 0 Å². The lowest BCUT2D eigenvalue weighted by atomic mass is 9.87. The molecule has 2 aliphatic heterocycles. The van der Waals surface area contributed by atoms with E-state index in [4.69, 9.17) is 0 Å². The lowest BCUT2D eigenvalue weighted by molar-refractivity contribution is -0.138. The van der Waals surface area contributed by atoms with Gasteiger partial charge in [0, 0.05) is 72.8 Å². The van der Waals surface area contributed by atoms with E-state index in [2.05, 4.69) is 21.5 Å². The van der Waals surface area contributed by atoms with Gasteiger partial charge in [0.2, 0.25) is 5.91 Å². The fourth-order valence-electron chi connectivity index (χ4n) is 6.29. The summed E-state index contributed by atoms with van der Waals surface area (Å²) >= 11 is 1.23. The maximum atomic E-state index is 14.6. The summed E-state index contributed by atoms with van der Waals surface area (Å²) in [5.41, 5.74) is -1.16. The molecule has 4 heterocycles. The Kier molecular flexibility index (Phi) is 9.43. The Labute approximate surface area is 265 Å². The minimum absolute atomic E-state index is 0.106. The van der Waals surface area contributed by atoms with E-state index in [1.807, 2.05) is 13.8 Å². The number of nitrogens with zero attached hydrogens (tertiary/aromatic N) is 5. The summed E-state index contributed by atoms with van der Waals surface area (Å²) in [6, 6.07) is 0.416. The third kappa shape index (κ3) is 6.74. The molecule has 3 aliphatic rings. The molecule has 0 saturated carbocycles. The summed E-state index contributed by atoms with van der Waals surface area (Å²) in [6.07, 6.45) is 1.10. The monoisotopic (exact) mass is 664 g/mol. The first kappa shape index (κ1) is 33.4. The van der Waals surface area contributed by atoms with Crippen LogP contribution in [0, 0.1) is 0 Å². The minimum Gasteiger partial charge on any atom is -0.352 e. The Balaban J connectivity index is 0.000000527. The van der Waals surface area contributed by atoms with Crippen LogP contribution in [-0.4, -0.2) is 67.2 Å². The predicted molar refractivity (Wildman–Crippen MR) is 166 cm³/mol. The third-order valence-corrected chi connectivity index (χ3v) is 9.41. The highest BCUT2D eigenvalue weighted by Gasteiger charge is 2.41. The SMILES string of the molecule is C=CC(=O)N1C(C)CN(c2nc(=O)n3c4c(c(C5=CCC(F)(F)CC5)c(C(F)(F)F)cc24)SCCC3)CC1C.O=c1cncc[nH]1. The molecule has 2 unspecified atom stereocenters. The van der Waals surface area contributed by atoms with Gasteiger partial charge in [-0.05, 0) is 50.2 Å². The number of halogens is 5. The fourth-order valence-corrected chi connectivity index (χ4v) is 7.51. The molecular formula is C31H33F5N6O3S. The number of hydrogen-bond acceptors (Lipinski definition) is 7. The number of nitrogens with one attached hydrogen (secondary N) is 1. The zero-order valence-electron chi connectivity index (χ0n) is 25.2. The molecular weight excluding hydrogens is 631 g/mol. The zero-order valence-corrected chi connectivity index (χ0v) is 26.1. The van der Waals surface area contributed by atoms with E-state index >= 15 is 0 Å². The van der Waals surface area contributed by atoms with Crippen molar-refractivity contribution in [3.8, 4) is 0 Å². The van der Waals surface area contributed by atoms with Crippen molar-refractivity contribution in [2.24, 2.45) is 0 Å². The maximum Gasteiger partial charge on any atom is 0.417 e. The Morgan fingerprint density at radius 1 is 1.20 bits per heavy atom. The Bertz CT molecular complexity index is 1770. The van der Waals surface area contributed by atoms with Crippen LogP contribution in [-0.2, 0) is 17.5 Å². The summed E-state index contributed by atoms with van der Waals surface area (Å²) in [7, 11) is 0. The van der Waals surface area contributed by atoms with Crippen molar-refractivity contribution in [3.63, 3.8) is 0 Å². The maximum absolute atomic E-state index is 14.6. The molecule has 9 nitrogen and oxygen atoms in total. The molecule has 0 bridgehead atoms. The number of carbonyl (C=O) groups is 1. The van der Waals surface area contributed by atoms with Crippen LogP contribution >= 0.6 is 11.8 Å². The molecule has 15 heteroatoms. The first-order valence-electron chi connectivity index (χ1n) is 14.8. The van der Waals surface area contributed by atoms with E-state index in [1.54, 1.807) is 9.80 Å². The van der Waals surface area contributed by atoms with E-state index in [9.17, 15) is 36.3 Å². The van der Waals surface area contributed by atoms with E-state index in [1.165, 1.54) is 47.1 Å². The number of alkyl halides is 5. The predicted octanol–water partition coefficient (Wildman–Crippen LogP) is 5.50. The minimum atomic E-state index is -4.76. The van der Waals surface area contributed by atoms with Crippen LogP contribution in [0.3, 0.4) is 0 Å². The molecule has 1 N–H and O–H groups in total. The highest BCUT2D eigenvalue weighted by Crippen LogP contribution is 2.49. The highest BCUT2D eigenvalue weighted by molar-refractivity contribution is 7.99. The van der Waals surface area contributed by atoms with Gasteiger partial charge in [0.05, 0.1) is 17.3 Å². The van der Waals surface area contributed by atoms with Gasteiger partial charge in [-0.25, -0.2) is 13.6 Å². The quantitative estimate of drug-likeness (QED) is 0.292. The number of benzene rings is 1. The average molecular weight is 665 g/mol. The Morgan fingerprint density at radius 3 is 2.46 bits per heavy atom. The smallest absolute Gasteiger partial charge is 0.352 e. The number of anilines is 1. The first-order valence-corrected chi connectivity index (χ1v) is 15.8. The lowest BCUT2D eigenvalue weighted by Gasteiger charge is -2.44. The van der Waals surface area contributed by atoms with Crippen molar-refractivity contribution in [1.29, 1.82) is 0 Å². The Hall–Kier alpha value is -4.01. The van der Waals surface area contributed by atoms with Crippen LogP contribution in [0.25, 0.3) is 16.5 Å². The van der Waals surface area contributed by atoms with E-state index < -0.39 is 36.2 Å². The van der Waals surface area contributed by atoms with Gasteiger partial charge in [-0.3, -0.25) is 19.1 Å². The number of amides is 1. The van der Waals surface area contributed by atoms with Gasteiger partial charge < -0.3 is 14.8 Å². The molecule has 0 radical (unpaired) electrons. The molecule has 46 heavy (non-hydrogen) atoms. The normalized spacial score (nSPS) is 21.2. The number of aromatic amines is 1. The molecule has 2 atom stereocenters. The highest BCUT2D eigenvalue weighted by atomic mass is 32.2. The van der Waals surface area contributed by atoms with Crippen LogP contribution in [0.4, 0.5) is 27.8 Å². The first-order chi connectivity index (χ1) is 21.7. The van der Waals surface area contributed by atoms with Crippen LogP contribution < -0.4 is 16.1 Å². The van der Waals surface area contributed by atoms with Crippen molar-refractivity contribution < 1.29 is 26.7 Å². The summed E-state index contributed by atoms with van der Waals surface area (Å²) in [6.45, 7) is 8.02. The molecule has 3 aromatic rings. The summed E-state index contributed by atoms with van der Waals surface area (Å²) < 4.78 is 73.2. The molecule has 1 saturated heterocycles. The number of allylic oxidation sites excluding steroid dienone is 2. The topological polar surface area (TPSA) is 104 Å². The molecule has 2 aromatic heterocycles. The second-order valence-corrected chi connectivity index (χ2v) is 12.6. The van der Waals surface area contributed by atoms with Crippen molar-refractivity contribution in [3.05, 3.63) is 75.4 Å². The fraction of sp³-hybridized carbons (Fsp3) is 0.452. The van der Waals surface area contributed by atoms with Gasteiger partial charge in [-0.2, -0.15) is 18.2 Å². The van der Waals surface area contributed by atoms with E-state index in [0.29, 0.717) is 24.2 Å².